The number of aliphatic hydroxyl groups is 2. The first kappa shape index (κ1) is 19.8. The van der Waals surface area contributed by atoms with Gasteiger partial charge in [0.15, 0.2) is 6.29 Å². The summed E-state index contributed by atoms with van der Waals surface area (Å²) in [5.41, 5.74) is 8.80. The Hall–Kier alpha value is -0.700. The van der Waals surface area contributed by atoms with Crippen molar-refractivity contribution in [1.82, 2.24) is 0 Å². The van der Waals surface area contributed by atoms with Gasteiger partial charge in [0.25, 0.3) is 10.3 Å². The Morgan fingerprint density at radius 2 is 1.33 bits per heavy atom. The van der Waals surface area contributed by atoms with Crippen molar-refractivity contribution >= 4 is 34.8 Å². The number of methoxy groups -OCH3 is 2. The number of ether oxygens (including phenoxy) is 2. The lowest BCUT2D eigenvalue weighted by Gasteiger charge is -2.08. The topological polar surface area (TPSA) is 111 Å². The van der Waals surface area contributed by atoms with Gasteiger partial charge in [-0.15, -0.1) is 0 Å². The summed E-state index contributed by atoms with van der Waals surface area (Å²) in [5, 5.41) is 14.1. The van der Waals surface area contributed by atoms with Crippen LogP contribution in [-0.2, 0) is 9.47 Å². The van der Waals surface area contributed by atoms with Crippen LogP contribution in [0.25, 0.3) is 0 Å². The van der Waals surface area contributed by atoms with E-state index in [1.165, 1.54) is 0 Å². The van der Waals surface area contributed by atoms with E-state index in [9.17, 15) is 0 Å². The predicted molar refractivity (Wildman–Crippen MR) is 66.9 cm³/mol. The standard InChI is InChI=1S/C5H12O2.2CH3NOS/c1-4-5(6-2)7-3;2*2-1(3)4/h5H,4H2,1-3H3;2*(H3,2,3,4). The van der Waals surface area contributed by atoms with E-state index in [1.54, 1.807) is 14.2 Å². The predicted octanol–water partition coefficient (Wildman–Crippen LogP) is 0.591. The summed E-state index contributed by atoms with van der Waals surface area (Å²) in [6.45, 7) is 2.01. The minimum atomic E-state index is -0.500. The third kappa shape index (κ3) is 60.5. The second kappa shape index (κ2) is 15.8. The van der Waals surface area contributed by atoms with Gasteiger partial charge in [-0.3, -0.25) is 0 Å². The molecule has 0 radical (unpaired) electrons. The summed E-state index contributed by atoms with van der Waals surface area (Å²) in [5.74, 6) is 0. The zero-order valence-electron chi connectivity index (χ0n) is 8.97. The van der Waals surface area contributed by atoms with Crippen LogP contribution in [0, 0.1) is 0 Å². The van der Waals surface area contributed by atoms with E-state index < -0.39 is 10.3 Å². The molecule has 0 saturated carbocycles. The van der Waals surface area contributed by atoms with Crippen molar-refractivity contribution < 1.29 is 19.7 Å². The average molecular weight is 258 g/mol. The molecule has 6 N–H and O–H groups in total. The normalized spacial score (nSPS) is 8.00. The number of rotatable bonds is 3. The molecule has 0 atom stereocenters. The van der Waals surface area contributed by atoms with E-state index >= 15 is 0 Å². The van der Waals surface area contributed by atoms with Crippen LogP contribution in [0.3, 0.4) is 0 Å². The molecule has 0 spiro atoms. The van der Waals surface area contributed by atoms with Crippen LogP contribution < -0.4 is 11.5 Å². The molecule has 15 heavy (non-hydrogen) atoms. The number of thiocarbonyl (C=S) groups is 2. The van der Waals surface area contributed by atoms with Crippen LogP contribution in [0.1, 0.15) is 13.3 Å². The Morgan fingerprint density at radius 3 is 1.33 bits per heavy atom. The zero-order chi connectivity index (χ0) is 12.9. The van der Waals surface area contributed by atoms with Gasteiger partial charge in [0.05, 0.1) is 0 Å². The van der Waals surface area contributed by atoms with Crippen molar-refractivity contribution in [1.29, 1.82) is 0 Å². The Bertz CT molecular complexity index is 140. The third-order valence-electron chi connectivity index (χ3n) is 0.859. The van der Waals surface area contributed by atoms with Crippen molar-refractivity contribution in [3.8, 4) is 0 Å². The summed E-state index contributed by atoms with van der Waals surface area (Å²) in [6, 6.07) is 0. The van der Waals surface area contributed by atoms with Crippen molar-refractivity contribution in [2.75, 3.05) is 14.2 Å². The van der Waals surface area contributed by atoms with Gasteiger partial charge in [-0.2, -0.15) is 0 Å². The minimum absolute atomic E-state index is 0.0139. The Labute approximate surface area is 100 Å². The molecule has 0 aromatic rings. The maximum Gasteiger partial charge on any atom is 0.251 e. The second-order valence-electron chi connectivity index (χ2n) is 1.99. The highest BCUT2D eigenvalue weighted by molar-refractivity contribution is 7.80. The lowest BCUT2D eigenvalue weighted by atomic mass is 10.5. The monoisotopic (exact) mass is 258 g/mol. The van der Waals surface area contributed by atoms with Crippen LogP contribution in [0.15, 0.2) is 0 Å². The fraction of sp³-hybridized carbons (Fsp3) is 0.714. The fourth-order valence-corrected chi connectivity index (χ4v) is 0.430. The molecule has 0 aromatic carbocycles. The quantitative estimate of drug-likeness (QED) is 0.430. The summed E-state index contributed by atoms with van der Waals surface area (Å²) in [6.07, 6.45) is 0.896. The van der Waals surface area contributed by atoms with Crippen molar-refractivity contribution in [2.45, 2.75) is 19.6 Å². The molecule has 0 aliphatic heterocycles. The molecule has 0 unspecified atom stereocenters. The zero-order valence-corrected chi connectivity index (χ0v) is 10.6. The van der Waals surface area contributed by atoms with Crippen LogP contribution in [0.4, 0.5) is 0 Å². The molecule has 0 aliphatic rings. The highest BCUT2D eigenvalue weighted by atomic mass is 32.1. The fourth-order valence-electron chi connectivity index (χ4n) is 0.430. The van der Waals surface area contributed by atoms with E-state index in [4.69, 9.17) is 19.7 Å². The number of hydrogen-bond donors (Lipinski definition) is 4. The Morgan fingerprint density at radius 1 is 1.13 bits per heavy atom. The van der Waals surface area contributed by atoms with Crippen molar-refractivity contribution in [2.24, 2.45) is 11.5 Å². The van der Waals surface area contributed by atoms with Crippen LogP contribution in [-0.4, -0.2) is 41.1 Å². The molecular formula is C7H18N2O4S2. The van der Waals surface area contributed by atoms with Gasteiger partial charge in [0.2, 0.25) is 0 Å². The summed E-state index contributed by atoms with van der Waals surface area (Å²) < 4.78 is 9.65. The summed E-state index contributed by atoms with van der Waals surface area (Å²) in [7, 11) is 3.27. The largest absolute Gasteiger partial charge is 0.487 e. The van der Waals surface area contributed by atoms with E-state index in [0.29, 0.717) is 0 Å². The van der Waals surface area contributed by atoms with Crippen molar-refractivity contribution in [3.05, 3.63) is 0 Å². The second-order valence-corrected chi connectivity index (χ2v) is 2.82. The molecule has 0 bridgehead atoms. The molecule has 0 saturated heterocycles. The van der Waals surface area contributed by atoms with Gasteiger partial charge < -0.3 is 31.2 Å². The molecule has 0 aliphatic carbocycles. The van der Waals surface area contributed by atoms with E-state index in [0.717, 1.165) is 6.42 Å². The highest BCUT2D eigenvalue weighted by Crippen LogP contribution is 1.93. The molecule has 0 aromatic heterocycles. The van der Waals surface area contributed by atoms with Gasteiger partial charge in [-0.05, 0) is 30.9 Å². The Kier molecular flexibility index (Phi) is 20.8. The number of nitrogens with two attached hydrogens (primary N) is 2. The minimum Gasteiger partial charge on any atom is -0.487 e. The van der Waals surface area contributed by atoms with Crippen LogP contribution in [0.5, 0.6) is 0 Å². The maximum absolute atomic E-state index is 7.56. The van der Waals surface area contributed by atoms with Gasteiger partial charge >= 0.3 is 0 Å². The number of hydrogen-bond acceptors (Lipinski definition) is 4. The first-order valence-electron chi connectivity index (χ1n) is 3.84. The summed E-state index contributed by atoms with van der Waals surface area (Å²) in [4.78, 5) is 0. The number of aliphatic hydroxyl groups excluding tert-OH is 2. The first-order chi connectivity index (χ1) is 6.81. The van der Waals surface area contributed by atoms with Gasteiger partial charge in [0, 0.05) is 14.2 Å². The molecule has 92 valence electrons. The molecule has 0 rings (SSSR count). The summed E-state index contributed by atoms with van der Waals surface area (Å²) >= 11 is 7.74. The molecule has 0 amide bonds. The highest BCUT2D eigenvalue weighted by Gasteiger charge is 1.96. The van der Waals surface area contributed by atoms with E-state index in [1.807, 2.05) is 6.92 Å². The van der Waals surface area contributed by atoms with E-state index in [2.05, 4.69) is 35.9 Å². The lowest BCUT2D eigenvalue weighted by molar-refractivity contribution is -0.103. The van der Waals surface area contributed by atoms with Crippen LogP contribution in [0.2, 0.25) is 0 Å². The maximum atomic E-state index is 7.56. The van der Waals surface area contributed by atoms with E-state index in [-0.39, 0.29) is 6.29 Å². The van der Waals surface area contributed by atoms with Gasteiger partial charge in [-0.25, -0.2) is 0 Å². The first-order valence-corrected chi connectivity index (χ1v) is 4.65. The van der Waals surface area contributed by atoms with Gasteiger partial charge in [-0.1, -0.05) is 6.92 Å². The molecule has 0 fully saturated rings. The third-order valence-corrected chi connectivity index (χ3v) is 0.859. The molecular weight excluding hydrogens is 240 g/mol. The average Bonchev–Trinajstić information content (AvgIpc) is 2.05. The lowest BCUT2D eigenvalue weighted by Crippen LogP contribution is -2.10. The molecule has 0 heterocycles. The van der Waals surface area contributed by atoms with Gasteiger partial charge in [0.1, 0.15) is 0 Å². The molecule has 6 nitrogen and oxygen atoms in total. The molecule has 8 heteroatoms. The Balaban J connectivity index is -0.000000155. The van der Waals surface area contributed by atoms with Crippen molar-refractivity contribution in [3.63, 3.8) is 0 Å². The van der Waals surface area contributed by atoms with Crippen LogP contribution >= 0.6 is 24.4 Å². The SMILES string of the molecule is CCC(OC)OC.NC(O)=S.NC(O)=S. The smallest absolute Gasteiger partial charge is 0.251 e.